The van der Waals surface area contributed by atoms with E-state index in [0.717, 1.165) is 17.3 Å². The molecular formula is C18H18N4O2. The third-order valence-electron chi connectivity index (χ3n) is 4.06. The predicted octanol–water partition coefficient (Wildman–Crippen LogP) is 2.94. The minimum Gasteiger partial charge on any atom is -0.496 e. The number of pyridine rings is 1. The Morgan fingerprint density at radius 3 is 2.88 bits per heavy atom. The standard InChI is InChI=1S/C18H18N4O2/c1-3-4-9-18(21-22-18)10-12-20-17(23)16-13-6-5-11-19-14(13)7-8-15(16)24-2/h1,5-8,11H,4,9-10,12H2,2H3,(H,20,23). The topological polar surface area (TPSA) is 75.9 Å². The maximum absolute atomic E-state index is 12.6. The van der Waals surface area contributed by atoms with E-state index in [4.69, 9.17) is 11.2 Å². The van der Waals surface area contributed by atoms with Crippen molar-refractivity contribution in [3.05, 3.63) is 36.0 Å². The smallest absolute Gasteiger partial charge is 0.255 e. The quantitative estimate of drug-likeness (QED) is 0.796. The summed E-state index contributed by atoms with van der Waals surface area (Å²) < 4.78 is 5.34. The largest absolute Gasteiger partial charge is 0.496 e. The number of terminal acetylenes is 1. The predicted molar refractivity (Wildman–Crippen MR) is 90.9 cm³/mol. The number of carbonyl (C=O) groups excluding carboxylic acids is 1. The summed E-state index contributed by atoms with van der Waals surface area (Å²) in [5, 5.41) is 11.8. The molecule has 3 rings (SSSR count). The van der Waals surface area contributed by atoms with Crippen LogP contribution in [0.3, 0.4) is 0 Å². The lowest BCUT2D eigenvalue weighted by atomic mass is 10.0. The Labute approximate surface area is 140 Å². The van der Waals surface area contributed by atoms with Gasteiger partial charge < -0.3 is 10.1 Å². The van der Waals surface area contributed by atoms with Gasteiger partial charge in [0.2, 0.25) is 0 Å². The molecule has 1 aromatic heterocycles. The van der Waals surface area contributed by atoms with Gasteiger partial charge in [0.05, 0.1) is 18.2 Å². The fraction of sp³-hybridized carbons (Fsp3) is 0.333. The number of rotatable bonds is 7. The van der Waals surface area contributed by atoms with Crippen LogP contribution >= 0.6 is 0 Å². The average molecular weight is 322 g/mol. The van der Waals surface area contributed by atoms with Crippen molar-refractivity contribution in [1.82, 2.24) is 10.3 Å². The molecule has 0 aliphatic carbocycles. The normalized spacial score (nSPS) is 14.2. The molecule has 2 heterocycles. The summed E-state index contributed by atoms with van der Waals surface area (Å²) >= 11 is 0. The molecule has 1 N–H and O–H groups in total. The number of fused-ring (bicyclic) bond motifs is 1. The lowest BCUT2D eigenvalue weighted by Gasteiger charge is -2.13. The first-order valence-corrected chi connectivity index (χ1v) is 7.76. The molecule has 1 aromatic carbocycles. The SMILES string of the molecule is C#CCCC1(CCNC(=O)c2c(OC)ccc3ncccc23)N=N1. The summed E-state index contributed by atoms with van der Waals surface area (Å²) in [6, 6.07) is 7.25. The van der Waals surface area contributed by atoms with Gasteiger partial charge in [-0.1, -0.05) is 6.07 Å². The maximum atomic E-state index is 12.6. The summed E-state index contributed by atoms with van der Waals surface area (Å²) in [5.74, 6) is 2.92. The minimum atomic E-state index is -0.399. The van der Waals surface area contributed by atoms with Crippen LogP contribution in [0.2, 0.25) is 0 Å². The number of amides is 1. The molecule has 122 valence electrons. The van der Waals surface area contributed by atoms with Crippen LogP contribution in [0.15, 0.2) is 40.7 Å². The maximum Gasteiger partial charge on any atom is 0.255 e. The zero-order valence-corrected chi connectivity index (χ0v) is 13.5. The second-order valence-electron chi connectivity index (χ2n) is 5.61. The van der Waals surface area contributed by atoms with Crippen molar-refractivity contribution in [1.29, 1.82) is 0 Å². The highest BCUT2D eigenvalue weighted by molar-refractivity contribution is 6.08. The van der Waals surface area contributed by atoms with E-state index in [9.17, 15) is 4.79 Å². The average Bonchev–Trinajstić information content (AvgIpc) is 3.38. The molecule has 0 bridgehead atoms. The lowest BCUT2D eigenvalue weighted by Crippen LogP contribution is -2.28. The first kappa shape index (κ1) is 15.9. The number of methoxy groups -OCH3 is 1. The van der Waals surface area contributed by atoms with Crippen molar-refractivity contribution >= 4 is 16.8 Å². The summed E-state index contributed by atoms with van der Waals surface area (Å²) in [6.45, 7) is 0.468. The van der Waals surface area contributed by atoms with Crippen LogP contribution in [0.4, 0.5) is 0 Å². The van der Waals surface area contributed by atoms with Crippen molar-refractivity contribution in [3.63, 3.8) is 0 Å². The fourth-order valence-electron chi connectivity index (χ4n) is 2.67. The van der Waals surface area contributed by atoms with Gasteiger partial charge in [0.15, 0.2) is 5.66 Å². The van der Waals surface area contributed by atoms with Crippen LogP contribution < -0.4 is 10.1 Å². The van der Waals surface area contributed by atoms with Gasteiger partial charge in [-0.25, -0.2) is 0 Å². The van der Waals surface area contributed by atoms with E-state index < -0.39 is 5.66 Å². The van der Waals surface area contributed by atoms with Gasteiger partial charge in [0.25, 0.3) is 5.91 Å². The Bertz CT molecular complexity index is 833. The molecule has 1 amide bonds. The zero-order chi connectivity index (χ0) is 17.0. The highest BCUT2D eigenvalue weighted by atomic mass is 16.5. The van der Waals surface area contributed by atoms with Gasteiger partial charge in [-0.15, -0.1) is 12.3 Å². The first-order chi connectivity index (χ1) is 11.7. The Hall–Kier alpha value is -2.94. The van der Waals surface area contributed by atoms with Crippen LogP contribution in [0.5, 0.6) is 5.75 Å². The molecule has 1 aliphatic rings. The monoisotopic (exact) mass is 322 g/mol. The minimum absolute atomic E-state index is 0.196. The molecule has 0 fully saturated rings. The molecule has 0 atom stereocenters. The van der Waals surface area contributed by atoms with Gasteiger partial charge in [-0.05, 0) is 18.2 Å². The van der Waals surface area contributed by atoms with Gasteiger partial charge in [0, 0.05) is 37.4 Å². The Morgan fingerprint density at radius 1 is 1.33 bits per heavy atom. The van der Waals surface area contributed by atoms with Crippen molar-refractivity contribution in [2.75, 3.05) is 13.7 Å². The molecule has 0 unspecified atom stereocenters. The summed E-state index contributed by atoms with van der Waals surface area (Å²) in [7, 11) is 1.55. The van der Waals surface area contributed by atoms with E-state index >= 15 is 0 Å². The van der Waals surface area contributed by atoms with Crippen LogP contribution in [0.25, 0.3) is 10.9 Å². The zero-order valence-electron chi connectivity index (χ0n) is 13.5. The molecular weight excluding hydrogens is 304 g/mol. The number of aromatic nitrogens is 1. The molecule has 2 aromatic rings. The molecule has 24 heavy (non-hydrogen) atoms. The molecule has 0 saturated carbocycles. The molecule has 0 spiro atoms. The Balaban J connectivity index is 1.71. The van der Waals surface area contributed by atoms with E-state index in [1.165, 1.54) is 0 Å². The van der Waals surface area contributed by atoms with E-state index in [1.807, 2.05) is 12.1 Å². The van der Waals surface area contributed by atoms with Crippen LogP contribution in [0.1, 0.15) is 29.6 Å². The summed E-state index contributed by atoms with van der Waals surface area (Å²) in [6.07, 6.45) is 8.97. The van der Waals surface area contributed by atoms with Gasteiger partial charge in [-0.2, -0.15) is 10.2 Å². The van der Waals surface area contributed by atoms with E-state index in [-0.39, 0.29) is 5.91 Å². The Morgan fingerprint density at radius 2 is 2.17 bits per heavy atom. The van der Waals surface area contributed by atoms with Gasteiger partial charge in [0.1, 0.15) is 5.75 Å². The third kappa shape index (κ3) is 3.20. The van der Waals surface area contributed by atoms with Crippen molar-refractivity contribution < 1.29 is 9.53 Å². The second-order valence-corrected chi connectivity index (χ2v) is 5.61. The number of nitrogens with one attached hydrogen (secondary N) is 1. The van der Waals surface area contributed by atoms with E-state index in [1.54, 1.807) is 25.4 Å². The highest BCUT2D eigenvalue weighted by Gasteiger charge is 2.38. The number of benzene rings is 1. The summed E-state index contributed by atoms with van der Waals surface area (Å²) in [5.41, 5.74) is 0.843. The number of hydrogen-bond acceptors (Lipinski definition) is 5. The molecule has 0 radical (unpaired) electrons. The second kappa shape index (κ2) is 6.67. The molecule has 1 aliphatic heterocycles. The Kier molecular flexibility index (Phi) is 4.43. The first-order valence-electron chi connectivity index (χ1n) is 7.76. The van der Waals surface area contributed by atoms with Gasteiger partial charge in [-0.3, -0.25) is 9.78 Å². The van der Waals surface area contributed by atoms with Crippen molar-refractivity contribution in [3.8, 4) is 18.1 Å². The van der Waals surface area contributed by atoms with Crippen molar-refractivity contribution in [2.24, 2.45) is 10.2 Å². The van der Waals surface area contributed by atoms with Crippen LogP contribution in [0, 0.1) is 12.3 Å². The van der Waals surface area contributed by atoms with E-state index in [0.29, 0.717) is 30.7 Å². The molecule has 0 saturated heterocycles. The molecule has 6 heteroatoms. The number of ether oxygens (including phenoxy) is 1. The number of nitrogens with zero attached hydrogens (tertiary/aromatic N) is 3. The van der Waals surface area contributed by atoms with Gasteiger partial charge >= 0.3 is 0 Å². The highest BCUT2D eigenvalue weighted by Crippen LogP contribution is 2.36. The van der Waals surface area contributed by atoms with Crippen molar-refractivity contribution in [2.45, 2.75) is 24.9 Å². The van der Waals surface area contributed by atoms with Crippen LogP contribution in [-0.2, 0) is 0 Å². The summed E-state index contributed by atoms with van der Waals surface area (Å²) in [4.78, 5) is 16.9. The third-order valence-corrected chi connectivity index (χ3v) is 4.06. The fourth-order valence-corrected chi connectivity index (χ4v) is 2.67. The molecule has 6 nitrogen and oxygen atoms in total. The number of hydrogen-bond donors (Lipinski definition) is 1. The van der Waals surface area contributed by atoms with E-state index in [2.05, 4.69) is 26.4 Å². The van der Waals surface area contributed by atoms with Crippen LogP contribution in [-0.4, -0.2) is 30.2 Å². The lowest BCUT2D eigenvalue weighted by molar-refractivity contribution is 0.0950. The number of carbonyl (C=O) groups is 1.